The molecule has 3 atom stereocenters. The van der Waals surface area contributed by atoms with Crippen LogP contribution >= 0.6 is 24.0 Å². The van der Waals surface area contributed by atoms with Crippen LogP contribution in [0.15, 0.2) is 71.5 Å². The molecule has 5 heterocycles. The van der Waals surface area contributed by atoms with E-state index in [1.165, 1.54) is 11.8 Å². The lowest BCUT2D eigenvalue weighted by molar-refractivity contribution is -0.139. The molecule has 2 aromatic heterocycles. The van der Waals surface area contributed by atoms with Gasteiger partial charge in [-0.15, -0.1) is 0 Å². The first kappa shape index (κ1) is 21.5. The molecular weight excluding hydrogens is 468 g/mol. The third kappa shape index (κ3) is 2.52. The SMILES string of the molecule is CN1C(=O)[C@]2(c3ccccc31)N(C)C[C@H](c1ccccn1)[C@@]21SC(=S)N(Cc2ccco2)C1=O. The molecule has 1 aromatic carbocycles. The van der Waals surface area contributed by atoms with Crippen molar-refractivity contribution in [3.05, 3.63) is 84.1 Å². The molecule has 2 spiro atoms. The van der Waals surface area contributed by atoms with Crippen LogP contribution in [0.1, 0.15) is 22.9 Å². The number of likely N-dealkylation sites (tertiary alicyclic amines) is 1. The summed E-state index contributed by atoms with van der Waals surface area (Å²) in [6.45, 7) is 0.709. The molecule has 0 bridgehead atoms. The van der Waals surface area contributed by atoms with Gasteiger partial charge in [-0.05, 0) is 37.4 Å². The number of likely N-dealkylation sites (N-methyl/N-ethyl adjacent to an activating group) is 2. The minimum atomic E-state index is -1.22. The third-order valence-corrected chi connectivity index (χ3v) is 9.24. The molecule has 0 unspecified atom stereocenters. The smallest absolute Gasteiger partial charge is 0.254 e. The molecule has 9 heteroatoms. The Morgan fingerprint density at radius 2 is 1.88 bits per heavy atom. The monoisotopic (exact) mass is 490 g/mol. The van der Waals surface area contributed by atoms with Gasteiger partial charge in [0.05, 0.1) is 12.8 Å². The van der Waals surface area contributed by atoms with Crippen molar-refractivity contribution in [2.24, 2.45) is 0 Å². The fraction of sp³-hybridized carbons (Fsp3) is 0.280. The number of carbonyl (C=O) groups excluding carboxylic acids is 2. The number of benzene rings is 1. The van der Waals surface area contributed by atoms with E-state index in [1.54, 1.807) is 35.4 Å². The lowest BCUT2D eigenvalue weighted by atomic mass is 9.73. The van der Waals surface area contributed by atoms with Crippen molar-refractivity contribution >= 4 is 45.8 Å². The summed E-state index contributed by atoms with van der Waals surface area (Å²) in [5.41, 5.74) is 1.19. The minimum absolute atomic E-state index is 0.127. The molecule has 172 valence electrons. The van der Waals surface area contributed by atoms with Gasteiger partial charge in [0, 0.05) is 42.7 Å². The highest BCUT2D eigenvalue weighted by atomic mass is 32.2. The number of nitrogens with zero attached hydrogens (tertiary/aromatic N) is 4. The van der Waals surface area contributed by atoms with Crippen LogP contribution in [0.5, 0.6) is 0 Å². The quantitative estimate of drug-likeness (QED) is 0.522. The van der Waals surface area contributed by atoms with Gasteiger partial charge < -0.3 is 9.32 Å². The molecule has 0 saturated carbocycles. The number of hydrogen-bond donors (Lipinski definition) is 0. The van der Waals surface area contributed by atoms with Gasteiger partial charge in [0.2, 0.25) is 5.91 Å². The number of furan rings is 1. The normalized spacial score (nSPS) is 28.6. The van der Waals surface area contributed by atoms with Crippen molar-refractivity contribution < 1.29 is 14.0 Å². The summed E-state index contributed by atoms with van der Waals surface area (Å²) in [4.78, 5) is 38.7. The molecule has 3 aromatic rings. The average Bonchev–Trinajstić information content (AvgIpc) is 3.57. The Morgan fingerprint density at radius 3 is 2.62 bits per heavy atom. The Kier molecular flexibility index (Phi) is 4.74. The van der Waals surface area contributed by atoms with E-state index in [1.807, 2.05) is 60.5 Å². The number of anilines is 1. The Hall–Kier alpha value is -3.01. The number of thiocarbonyl (C=S) groups is 1. The standard InChI is InChI=1S/C25H22N4O3S2/c1-27-15-18(19-10-5-6-12-26-19)25(22(31)29(23(33)34-25)14-16-8-7-13-32-16)24(27)17-9-3-4-11-20(17)28(2)21(24)30/h3-13,18H,14-15H2,1-2H3/t18-,24+,25+/m1/s1. The number of thioether (sulfide) groups is 1. The van der Waals surface area contributed by atoms with Gasteiger partial charge >= 0.3 is 0 Å². The number of para-hydroxylation sites is 1. The Labute approximate surface area is 206 Å². The average molecular weight is 491 g/mol. The Balaban J connectivity index is 1.61. The van der Waals surface area contributed by atoms with Crippen LogP contribution in [0.25, 0.3) is 0 Å². The number of aromatic nitrogens is 1. The molecule has 34 heavy (non-hydrogen) atoms. The first-order valence-corrected chi connectivity index (χ1v) is 12.2. The third-order valence-electron chi connectivity index (χ3n) is 7.30. The first-order valence-electron chi connectivity index (χ1n) is 11.0. The second kappa shape index (κ2) is 7.49. The highest BCUT2D eigenvalue weighted by molar-refractivity contribution is 8.25. The van der Waals surface area contributed by atoms with E-state index in [4.69, 9.17) is 16.6 Å². The van der Waals surface area contributed by atoms with Crippen molar-refractivity contribution in [1.82, 2.24) is 14.8 Å². The van der Waals surface area contributed by atoms with Gasteiger partial charge in [-0.3, -0.25) is 24.4 Å². The molecule has 7 nitrogen and oxygen atoms in total. The van der Waals surface area contributed by atoms with Crippen molar-refractivity contribution in [2.75, 3.05) is 25.5 Å². The van der Waals surface area contributed by atoms with E-state index in [0.29, 0.717) is 16.6 Å². The second-order valence-electron chi connectivity index (χ2n) is 8.85. The molecule has 2 saturated heterocycles. The molecule has 6 rings (SSSR count). The molecular formula is C25H22N4O3S2. The summed E-state index contributed by atoms with van der Waals surface area (Å²) >= 11 is 7.11. The van der Waals surface area contributed by atoms with E-state index in [2.05, 4.69) is 4.98 Å². The highest BCUT2D eigenvalue weighted by Gasteiger charge is 2.78. The fourth-order valence-corrected chi connectivity index (χ4v) is 8.00. The minimum Gasteiger partial charge on any atom is -0.467 e. The number of carbonyl (C=O) groups is 2. The molecule has 0 N–H and O–H groups in total. The molecule has 3 aliphatic heterocycles. The highest BCUT2D eigenvalue weighted by Crippen LogP contribution is 2.66. The summed E-state index contributed by atoms with van der Waals surface area (Å²) in [6.07, 6.45) is 3.31. The predicted molar refractivity (Wildman–Crippen MR) is 133 cm³/mol. The largest absolute Gasteiger partial charge is 0.467 e. The van der Waals surface area contributed by atoms with Crippen molar-refractivity contribution in [1.29, 1.82) is 0 Å². The van der Waals surface area contributed by atoms with Crippen LogP contribution in [0.3, 0.4) is 0 Å². The molecule has 2 amide bonds. The van der Waals surface area contributed by atoms with Crippen LogP contribution in [-0.4, -0.2) is 56.3 Å². The summed E-state index contributed by atoms with van der Waals surface area (Å²) in [6, 6.07) is 17.0. The van der Waals surface area contributed by atoms with Gasteiger partial charge in [0.15, 0.2) is 5.54 Å². The van der Waals surface area contributed by atoms with E-state index in [0.717, 1.165) is 16.9 Å². The maximum atomic E-state index is 14.6. The van der Waals surface area contributed by atoms with Crippen LogP contribution < -0.4 is 4.90 Å². The fourth-order valence-electron chi connectivity index (χ4n) is 5.89. The number of pyridine rings is 1. The van der Waals surface area contributed by atoms with Gasteiger partial charge in [-0.25, -0.2) is 0 Å². The maximum absolute atomic E-state index is 14.6. The number of fused-ring (bicyclic) bond motifs is 3. The van der Waals surface area contributed by atoms with Crippen LogP contribution in [0, 0.1) is 0 Å². The van der Waals surface area contributed by atoms with Crippen LogP contribution in [0.4, 0.5) is 5.69 Å². The predicted octanol–water partition coefficient (Wildman–Crippen LogP) is 3.37. The first-order chi connectivity index (χ1) is 16.4. The van der Waals surface area contributed by atoms with E-state index in [-0.39, 0.29) is 24.3 Å². The van der Waals surface area contributed by atoms with Gasteiger partial charge in [0.25, 0.3) is 5.91 Å². The number of amides is 2. The zero-order chi connectivity index (χ0) is 23.7. The zero-order valence-electron chi connectivity index (χ0n) is 18.7. The van der Waals surface area contributed by atoms with Crippen molar-refractivity contribution in [2.45, 2.75) is 22.7 Å². The van der Waals surface area contributed by atoms with Crippen molar-refractivity contribution in [3.8, 4) is 0 Å². The Bertz CT molecular complexity index is 1310. The Morgan fingerprint density at radius 1 is 1.09 bits per heavy atom. The van der Waals surface area contributed by atoms with E-state index >= 15 is 0 Å². The summed E-state index contributed by atoms with van der Waals surface area (Å²) in [7, 11) is 3.69. The van der Waals surface area contributed by atoms with Gasteiger partial charge in [-0.2, -0.15) is 0 Å². The molecule has 2 fully saturated rings. The van der Waals surface area contributed by atoms with E-state index < -0.39 is 10.3 Å². The van der Waals surface area contributed by atoms with Crippen molar-refractivity contribution in [3.63, 3.8) is 0 Å². The van der Waals surface area contributed by atoms with Gasteiger partial charge in [-0.1, -0.05) is 48.2 Å². The maximum Gasteiger partial charge on any atom is 0.254 e. The van der Waals surface area contributed by atoms with Crippen LogP contribution in [0.2, 0.25) is 0 Å². The summed E-state index contributed by atoms with van der Waals surface area (Å²) in [5, 5.41) is 0. The second-order valence-corrected chi connectivity index (χ2v) is 10.7. The summed E-state index contributed by atoms with van der Waals surface area (Å²) in [5.74, 6) is -0.0202. The summed E-state index contributed by atoms with van der Waals surface area (Å²) < 4.78 is 4.76. The molecule has 3 aliphatic rings. The van der Waals surface area contributed by atoms with Crippen LogP contribution in [-0.2, 0) is 21.7 Å². The lowest BCUT2D eigenvalue weighted by Crippen LogP contribution is -2.62. The van der Waals surface area contributed by atoms with E-state index in [9.17, 15) is 9.59 Å². The molecule has 0 radical (unpaired) electrons. The lowest BCUT2D eigenvalue weighted by Gasteiger charge is -2.42. The number of rotatable bonds is 3. The zero-order valence-corrected chi connectivity index (χ0v) is 20.3. The van der Waals surface area contributed by atoms with Gasteiger partial charge in [0.1, 0.15) is 14.8 Å². The number of hydrogen-bond acceptors (Lipinski definition) is 7. The topological polar surface area (TPSA) is 69.9 Å². The molecule has 0 aliphatic carbocycles.